The molecule has 0 fully saturated rings. The minimum absolute atomic E-state index is 0.101. The molecule has 10 N–H and O–H groups in total. The van der Waals surface area contributed by atoms with E-state index in [0.29, 0.717) is 18.6 Å². The number of rotatable bonds is 15. The summed E-state index contributed by atoms with van der Waals surface area (Å²) in [5, 5.41) is 16.7. The van der Waals surface area contributed by atoms with Crippen LogP contribution >= 0.6 is 11.8 Å². The number of aliphatic carboxylic acids is 1. The second kappa shape index (κ2) is 15.3. The molecule has 0 rings (SSSR count). The number of carboxylic acids is 1. The molecule has 3 amide bonds. The van der Waals surface area contributed by atoms with E-state index in [4.69, 9.17) is 17.2 Å². The summed E-state index contributed by atoms with van der Waals surface area (Å²) in [6.45, 7) is 3.17. The predicted octanol–water partition coefficient (Wildman–Crippen LogP) is -2.05. The van der Waals surface area contributed by atoms with Gasteiger partial charge in [-0.25, -0.2) is 4.79 Å². The fraction of sp³-hybridized carbons (Fsp3) is 0.722. The van der Waals surface area contributed by atoms with Crippen molar-refractivity contribution >= 4 is 41.4 Å². The summed E-state index contributed by atoms with van der Waals surface area (Å²) in [7, 11) is 0. The molecule has 12 nitrogen and oxygen atoms in total. The summed E-state index contributed by atoms with van der Waals surface area (Å²) in [6.07, 6.45) is 2.89. The number of carboxylic acid groups (broad SMARTS) is 1. The summed E-state index contributed by atoms with van der Waals surface area (Å²) in [5.41, 5.74) is 16.3. The van der Waals surface area contributed by atoms with E-state index >= 15 is 0 Å². The topological polar surface area (TPSA) is 215 Å². The number of amides is 3. The maximum absolute atomic E-state index is 12.6. The number of hydrogen-bond donors (Lipinski definition) is 7. The number of thioether (sulfide) groups is 1. The van der Waals surface area contributed by atoms with Gasteiger partial charge in [-0.2, -0.15) is 11.8 Å². The highest BCUT2D eigenvalue weighted by molar-refractivity contribution is 7.98. The van der Waals surface area contributed by atoms with Crippen LogP contribution in [0.2, 0.25) is 0 Å². The van der Waals surface area contributed by atoms with Crippen molar-refractivity contribution in [1.29, 1.82) is 0 Å². The Morgan fingerprint density at radius 1 is 1.06 bits per heavy atom. The molecule has 0 aliphatic heterocycles. The van der Waals surface area contributed by atoms with E-state index in [9.17, 15) is 24.3 Å². The van der Waals surface area contributed by atoms with E-state index in [-0.39, 0.29) is 31.4 Å². The van der Waals surface area contributed by atoms with Crippen LogP contribution in [-0.2, 0) is 19.2 Å². The molecule has 0 saturated carbocycles. The first-order valence-electron chi connectivity index (χ1n) is 9.89. The zero-order valence-corrected chi connectivity index (χ0v) is 19.0. The standard InChI is InChI=1S/C18H35N7O5S/c1-10(2)14(17(29)30)25-16(28)12(5-4-7-22-18(20)21)24-13(26)9-23-15(27)11(19)6-8-31-3/h10-12,14H,4-9,19H2,1-3H3,(H,23,27)(H,24,26)(H,25,28)(H,29,30)(H4,20,21,22). The van der Waals surface area contributed by atoms with Crippen LogP contribution in [0.25, 0.3) is 0 Å². The molecule has 0 aromatic carbocycles. The Bertz CT molecular complexity index is 641. The van der Waals surface area contributed by atoms with Crippen molar-refractivity contribution in [2.45, 2.75) is 51.2 Å². The van der Waals surface area contributed by atoms with E-state index in [2.05, 4.69) is 20.9 Å². The van der Waals surface area contributed by atoms with Gasteiger partial charge >= 0.3 is 5.97 Å². The van der Waals surface area contributed by atoms with Gasteiger partial charge in [-0.1, -0.05) is 13.8 Å². The Balaban J connectivity index is 4.97. The zero-order valence-electron chi connectivity index (χ0n) is 18.2. The lowest BCUT2D eigenvalue weighted by molar-refractivity contribution is -0.143. The van der Waals surface area contributed by atoms with Gasteiger partial charge in [-0.15, -0.1) is 0 Å². The molecule has 0 bridgehead atoms. The average molecular weight is 462 g/mol. The second-order valence-corrected chi connectivity index (χ2v) is 8.23. The number of carbonyl (C=O) groups excluding carboxylic acids is 3. The third-order valence-corrected chi connectivity index (χ3v) is 4.86. The molecule has 13 heteroatoms. The molecular formula is C18H35N7O5S. The molecule has 0 aromatic heterocycles. The van der Waals surface area contributed by atoms with Gasteiger partial charge in [-0.3, -0.25) is 19.4 Å². The van der Waals surface area contributed by atoms with E-state index in [1.165, 1.54) is 0 Å². The lowest BCUT2D eigenvalue weighted by atomic mass is 10.0. The predicted molar refractivity (Wildman–Crippen MR) is 120 cm³/mol. The summed E-state index contributed by atoms with van der Waals surface area (Å²) < 4.78 is 0. The zero-order chi connectivity index (χ0) is 24.0. The van der Waals surface area contributed by atoms with E-state index in [0.717, 1.165) is 0 Å². The molecule has 0 aromatic rings. The Hall–Kier alpha value is -2.54. The van der Waals surface area contributed by atoms with Crippen LogP contribution in [0.4, 0.5) is 0 Å². The second-order valence-electron chi connectivity index (χ2n) is 7.24. The number of nitrogens with zero attached hydrogens (tertiary/aromatic N) is 1. The van der Waals surface area contributed by atoms with Crippen molar-refractivity contribution in [2.24, 2.45) is 28.1 Å². The van der Waals surface area contributed by atoms with E-state index < -0.39 is 41.8 Å². The van der Waals surface area contributed by atoms with Crippen molar-refractivity contribution in [1.82, 2.24) is 16.0 Å². The van der Waals surface area contributed by atoms with Crippen LogP contribution in [0.5, 0.6) is 0 Å². The number of hydrogen-bond acceptors (Lipinski definition) is 7. The highest BCUT2D eigenvalue weighted by Gasteiger charge is 2.28. The van der Waals surface area contributed by atoms with Crippen molar-refractivity contribution in [3.63, 3.8) is 0 Å². The number of aliphatic imine (C=N–C) groups is 1. The summed E-state index contributed by atoms with van der Waals surface area (Å²) in [6, 6.07) is -2.87. The molecular weight excluding hydrogens is 426 g/mol. The molecule has 0 aliphatic rings. The Morgan fingerprint density at radius 3 is 2.23 bits per heavy atom. The van der Waals surface area contributed by atoms with Gasteiger partial charge in [0.2, 0.25) is 17.7 Å². The third-order valence-electron chi connectivity index (χ3n) is 4.22. The molecule has 0 spiro atoms. The molecule has 178 valence electrons. The van der Waals surface area contributed by atoms with Gasteiger partial charge in [0.1, 0.15) is 12.1 Å². The van der Waals surface area contributed by atoms with Crippen molar-refractivity contribution < 1.29 is 24.3 Å². The molecule has 0 saturated heterocycles. The maximum atomic E-state index is 12.6. The Labute approximate surface area is 186 Å². The van der Waals surface area contributed by atoms with Crippen molar-refractivity contribution in [3.8, 4) is 0 Å². The minimum atomic E-state index is -1.18. The lowest BCUT2D eigenvalue weighted by Gasteiger charge is -2.23. The summed E-state index contributed by atoms with van der Waals surface area (Å²) >= 11 is 1.55. The van der Waals surface area contributed by atoms with Crippen molar-refractivity contribution in [3.05, 3.63) is 0 Å². The van der Waals surface area contributed by atoms with Gasteiger partial charge in [-0.05, 0) is 37.2 Å². The van der Waals surface area contributed by atoms with Gasteiger partial charge in [0, 0.05) is 6.54 Å². The van der Waals surface area contributed by atoms with Gasteiger partial charge in [0.15, 0.2) is 5.96 Å². The smallest absolute Gasteiger partial charge is 0.326 e. The number of guanidine groups is 1. The fourth-order valence-corrected chi connectivity index (χ4v) is 2.95. The largest absolute Gasteiger partial charge is 0.480 e. The quantitative estimate of drug-likeness (QED) is 0.0810. The normalized spacial score (nSPS) is 13.6. The summed E-state index contributed by atoms with van der Waals surface area (Å²) in [5.74, 6) is -2.66. The number of nitrogens with one attached hydrogen (secondary N) is 3. The van der Waals surface area contributed by atoms with Gasteiger partial charge in [0.25, 0.3) is 0 Å². The molecule has 3 unspecified atom stereocenters. The van der Waals surface area contributed by atoms with Crippen molar-refractivity contribution in [2.75, 3.05) is 25.1 Å². The van der Waals surface area contributed by atoms with Crippen LogP contribution in [0.15, 0.2) is 4.99 Å². The monoisotopic (exact) mass is 461 g/mol. The third kappa shape index (κ3) is 12.7. The lowest BCUT2D eigenvalue weighted by Crippen LogP contribution is -2.54. The highest BCUT2D eigenvalue weighted by Crippen LogP contribution is 2.05. The average Bonchev–Trinajstić information content (AvgIpc) is 2.69. The number of carbonyl (C=O) groups is 4. The Kier molecular flexibility index (Phi) is 14.0. The van der Waals surface area contributed by atoms with Crippen LogP contribution in [-0.4, -0.2) is 78.0 Å². The fourth-order valence-electron chi connectivity index (χ4n) is 2.46. The molecule has 31 heavy (non-hydrogen) atoms. The summed E-state index contributed by atoms with van der Waals surface area (Å²) in [4.78, 5) is 52.0. The maximum Gasteiger partial charge on any atom is 0.326 e. The first-order valence-corrected chi connectivity index (χ1v) is 11.3. The van der Waals surface area contributed by atoms with E-state index in [1.54, 1.807) is 25.6 Å². The van der Waals surface area contributed by atoms with Crippen LogP contribution in [0.3, 0.4) is 0 Å². The van der Waals surface area contributed by atoms with Gasteiger partial charge < -0.3 is 38.3 Å². The number of nitrogens with two attached hydrogens (primary N) is 3. The molecule has 0 radical (unpaired) electrons. The first-order chi connectivity index (χ1) is 14.5. The molecule has 0 aliphatic carbocycles. The Morgan fingerprint density at radius 2 is 1.71 bits per heavy atom. The first kappa shape index (κ1) is 28.5. The van der Waals surface area contributed by atoms with Crippen LogP contribution < -0.4 is 33.2 Å². The van der Waals surface area contributed by atoms with Gasteiger partial charge in [0.05, 0.1) is 12.6 Å². The molecule has 0 heterocycles. The minimum Gasteiger partial charge on any atom is -0.480 e. The van der Waals surface area contributed by atoms with E-state index in [1.807, 2.05) is 6.26 Å². The van der Waals surface area contributed by atoms with Crippen LogP contribution in [0.1, 0.15) is 33.1 Å². The highest BCUT2D eigenvalue weighted by atomic mass is 32.2. The molecule has 3 atom stereocenters. The van der Waals surface area contributed by atoms with Crippen LogP contribution in [0, 0.1) is 5.92 Å². The SMILES string of the molecule is CSCCC(N)C(=O)NCC(=O)NC(CCCN=C(N)N)C(=O)NC(C(=O)O)C(C)C.